The lowest BCUT2D eigenvalue weighted by Crippen LogP contribution is -2.42. The summed E-state index contributed by atoms with van der Waals surface area (Å²) in [7, 11) is 1.47. The van der Waals surface area contributed by atoms with Crippen LogP contribution in [0.1, 0.15) is 19.3 Å². The van der Waals surface area contributed by atoms with Crippen LogP contribution >= 0.6 is 0 Å². The van der Waals surface area contributed by atoms with Crippen LogP contribution < -0.4 is 5.32 Å². The van der Waals surface area contributed by atoms with Crippen molar-refractivity contribution < 1.29 is 14.3 Å². The Balaban J connectivity index is 1.59. The molecule has 5 heteroatoms. The van der Waals surface area contributed by atoms with E-state index in [0.717, 1.165) is 58.7 Å². The minimum absolute atomic E-state index is 0.0836. The maximum atomic E-state index is 11.6. The first-order chi connectivity index (χ1) is 8.81. The average molecular weight is 256 g/mol. The predicted molar refractivity (Wildman–Crippen MR) is 68.4 cm³/mol. The van der Waals surface area contributed by atoms with Gasteiger partial charge < -0.3 is 14.8 Å². The Morgan fingerprint density at radius 1 is 1.44 bits per heavy atom. The number of carbonyl (C=O) groups is 1. The molecule has 2 aliphatic rings. The SMILES string of the molecule is COC(=O)C(NCCCN1CCOCC1)C1CC1. The van der Waals surface area contributed by atoms with E-state index in [4.69, 9.17) is 9.47 Å². The zero-order valence-corrected chi connectivity index (χ0v) is 11.2. The van der Waals surface area contributed by atoms with Crippen molar-refractivity contribution in [3.05, 3.63) is 0 Å². The lowest BCUT2D eigenvalue weighted by atomic mass is 10.2. The number of esters is 1. The molecule has 5 nitrogen and oxygen atoms in total. The lowest BCUT2D eigenvalue weighted by Gasteiger charge is -2.26. The first kappa shape index (κ1) is 13.8. The number of hydrogen-bond acceptors (Lipinski definition) is 5. The van der Waals surface area contributed by atoms with Gasteiger partial charge in [-0.05, 0) is 38.3 Å². The van der Waals surface area contributed by atoms with Gasteiger partial charge in [-0.2, -0.15) is 0 Å². The van der Waals surface area contributed by atoms with Crippen LogP contribution in [0.3, 0.4) is 0 Å². The molecule has 0 bridgehead atoms. The van der Waals surface area contributed by atoms with Crippen molar-refractivity contribution in [2.75, 3.05) is 46.5 Å². The predicted octanol–water partition coefficient (Wildman–Crippen LogP) is 0.250. The minimum Gasteiger partial charge on any atom is -0.468 e. The van der Waals surface area contributed by atoms with Crippen LogP contribution in [0.5, 0.6) is 0 Å². The van der Waals surface area contributed by atoms with E-state index in [9.17, 15) is 4.79 Å². The highest BCUT2D eigenvalue weighted by molar-refractivity contribution is 5.76. The summed E-state index contributed by atoms with van der Waals surface area (Å²) in [6, 6.07) is -0.0836. The van der Waals surface area contributed by atoms with Gasteiger partial charge in [0.05, 0.1) is 20.3 Å². The molecule has 1 N–H and O–H groups in total. The van der Waals surface area contributed by atoms with Gasteiger partial charge in [0, 0.05) is 13.1 Å². The Morgan fingerprint density at radius 2 is 2.17 bits per heavy atom. The van der Waals surface area contributed by atoms with Crippen LogP contribution in [-0.2, 0) is 14.3 Å². The molecule has 0 aromatic rings. The van der Waals surface area contributed by atoms with E-state index in [1.807, 2.05) is 0 Å². The molecule has 1 atom stereocenters. The van der Waals surface area contributed by atoms with Crippen molar-refractivity contribution in [2.45, 2.75) is 25.3 Å². The summed E-state index contributed by atoms with van der Waals surface area (Å²) in [6.07, 6.45) is 3.37. The topological polar surface area (TPSA) is 50.8 Å². The van der Waals surface area contributed by atoms with Crippen LogP contribution in [0.15, 0.2) is 0 Å². The van der Waals surface area contributed by atoms with E-state index >= 15 is 0 Å². The molecule has 104 valence electrons. The molecule has 1 unspecified atom stereocenters. The second-order valence-corrected chi connectivity index (χ2v) is 5.10. The van der Waals surface area contributed by atoms with Gasteiger partial charge in [-0.25, -0.2) is 0 Å². The van der Waals surface area contributed by atoms with E-state index in [2.05, 4.69) is 10.2 Å². The summed E-state index contributed by atoms with van der Waals surface area (Å²) >= 11 is 0. The molecule has 1 saturated heterocycles. The first-order valence-corrected chi connectivity index (χ1v) is 6.92. The standard InChI is InChI=1S/C13H24N2O3/c1-17-13(16)12(11-3-4-11)14-5-2-6-15-7-9-18-10-8-15/h11-12,14H,2-10H2,1H3. The Bertz CT molecular complexity index is 263. The molecule has 0 amide bonds. The van der Waals surface area contributed by atoms with E-state index in [0.29, 0.717) is 5.92 Å². The Hall–Kier alpha value is -0.650. The van der Waals surface area contributed by atoms with Crippen LogP contribution in [0.4, 0.5) is 0 Å². The third kappa shape index (κ3) is 4.23. The van der Waals surface area contributed by atoms with Crippen molar-refractivity contribution in [2.24, 2.45) is 5.92 Å². The summed E-state index contributed by atoms with van der Waals surface area (Å²) in [5, 5.41) is 3.34. The summed E-state index contributed by atoms with van der Waals surface area (Å²) < 4.78 is 10.1. The number of rotatable bonds is 7. The van der Waals surface area contributed by atoms with Crippen molar-refractivity contribution in [1.29, 1.82) is 0 Å². The number of carbonyl (C=O) groups excluding carboxylic acids is 1. The normalized spacial score (nSPS) is 22.7. The van der Waals surface area contributed by atoms with Crippen molar-refractivity contribution in [3.8, 4) is 0 Å². The van der Waals surface area contributed by atoms with Gasteiger partial charge in [-0.15, -0.1) is 0 Å². The third-order valence-corrected chi connectivity index (χ3v) is 3.67. The largest absolute Gasteiger partial charge is 0.468 e. The number of morpholine rings is 1. The Morgan fingerprint density at radius 3 is 2.78 bits per heavy atom. The molecular formula is C13H24N2O3. The molecular weight excluding hydrogens is 232 g/mol. The maximum absolute atomic E-state index is 11.6. The quantitative estimate of drug-likeness (QED) is 0.523. The molecule has 0 spiro atoms. The van der Waals surface area contributed by atoms with E-state index < -0.39 is 0 Å². The lowest BCUT2D eigenvalue weighted by molar-refractivity contribution is -0.143. The summed E-state index contributed by atoms with van der Waals surface area (Å²) in [5.74, 6) is 0.393. The second-order valence-electron chi connectivity index (χ2n) is 5.10. The fourth-order valence-corrected chi connectivity index (χ4v) is 2.38. The zero-order valence-electron chi connectivity index (χ0n) is 11.2. The second kappa shape index (κ2) is 7.07. The molecule has 2 fully saturated rings. The summed E-state index contributed by atoms with van der Waals surface area (Å²) in [4.78, 5) is 14.0. The summed E-state index contributed by atoms with van der Waals surface area (Å²) in [6.45, 7) is 5.72. The monoisotopic (exact) mass is 256 g/mol. The molecule has 0 aromatic heterocycles. The first-order valence-electron chi connectivity index (χ1n) is 6.92. The minimum atomic E-state index is -0.108. The van der Waals surface area contributed by atoms with Gasteiger partial charge in [-0.3, -0.25) is 9.69 Å². The van der Waals surface area contributed by atoms with Gasteiger partial charge in [0.1, 0.15) is 6.04 Å². The fourth-order valence-electron chi connectivity index (χ4n) is 2.38. The maximum Gasteiger partial charge on any atom is 0.323 e. The van der Waals surface area contributed by atoms with Crippen LogP contribution in [-0.4, -0.2) is 63.4 Å². The highest BCUT2D eigenvalue weighted by atomic mass is 16.5. The molecule has 2 rings (SSSR count). The third-order valence-electron chi connectivity index (χ3n) is 3.67. The number of ether oxygens (including phenoxy) is 2. The number of nitrogens with zero attached hydrogens (tertiary/aromatic N) is 1. The summed E-state index contributed by atoms with van der Waals surface area (Å²) in [5.41, 5.74) is 0. The van der Waals surface area contributed by atoms with Crippen LogP contribution in [0.25, 0.3) is 0 Å². The van der Waals surface area contributed by atoms with E-state index in [-0.39, 0.29) is 12.0 Å². The van der Waals surface area contributed by atoms with Gasteiger partial charge in [-0.1, -0.05) is 0 Å². The van der Waals surface area contributed by atoms with E-state index in [1.54, 1.807) is 0 Å². The highest BCUT2D eigenvalue weighted by Crippen LogP contribution is 2.33. The number of hydrogen-bond donors (Lipinski definition) is 1. The van der Waals surface area contributed by atoms with Gasteiger partial charge in [0.2, 0.25) is 0 Å². The number of nitrogens with one attached hydrogen (secondary N) is 1. The number of methoxy groups -OCH3 is 1. The molecule has 1 saturated carbocycles. The molecule has 1 aliphatic carbocycles. The molecule has 1 heterocycles. The smallest absolute Gasteiger partial charge is 0.323 e. The molecule has 1 aliphatic heterocycles. The zero-order chi connectivity index (χ0) is 12.8. The van der Waals surface area contributed by atoms with Crippen molar-refractivity contribution in [1.82, 2.24) is 10.2 Å². The molecule has 0 radical (unpaired) electrons. The van der Waals surface area contributed by atoms with Gasteiger partial charge >= 0.3 is 5.97 Å². The fraction of sp³-hybridized carbons (Fsp3) is 0.923. The average Bonchev–Trinajstić information content (AvgIpc) is 3.23. The van der Waals surface area contributed by atoms with E-state index in [1.165, 1.54) is 7.11 Å². The van der Waals surface area contributed by atoms with Crippen molar-refractivity contribution in [3.63, 3.8) is 0 Å². The van der Waals surface area contributed by atoms with Crippen molar-refractivity contribution >= 4 is 5.97 Å². The van der Waals surface area contributed by atoms with Crippen LogP contribution in [0.2, 0.25) is 0 Å². The van der Waals surface area contributed by atoms with Gasteiger partial charge in [0.15, 0.2) is 0 Å². The Kier molecular flexibility index (Phi) is 5.41. The molecule has 0 aromatic carbocycles. The van der Waals surface area contributed by atoms with Gasteiger partial charge in [0.25, 0.3) is 0 Å². The Labute approximate surface area is 109 Å². The molecule has 18 heavy (non-hydrogen) atoms. The van der Waals surface area contributed by atoms with Crippen LogP contribution in [0, 0.1) is 5.92 Å². The highest BCUT2D eigenvalue weighted by Gasteiger charge is 2.36.